The molecule has 0 aliphatic carbocycles. The van der Waals surface area contributed by atoms with E-state index in [1.807, 2.05) is 45.2 Å². The summed E-state index contributed by atoms with van der Waals surface area (Å²) in [6.07, 6.45) is 6.89. The van der Waals surface area contributed by atoms with Crippen LogP contribution in [0.25, 0.3) is 32.1 Å². The van der Waals surface area contributed by atoms with Gasteiger partial charge in [-0.05, 0) is 63.2 Å². The van der Waals surface area contributed by atoms with Crippen LogP contribution in [0.1, 0.15) is 121 Å². The monoisotopic (exact) mass is 939 g/mol. The Bertz CT molecular complexity index is 2010. The number of benzene rings is 3. The second-order valence-corrected chi connectivity index (χ2v) is 24.7. The molecule has 3 nitrogen and oxygen atoms in total. The van der Waals surface area contributed by atoms with E-state index < -0.39 is 8.07 Å². The van der Waals surface area contributed by atoms with Gasteiger partial charge >= 0.3 is 0 Å². The number of aromatic nitrogens is 1. The molecular formula is C48H64IrNO2SSi-. The van der Waals surface area contributed by atoms with Crippen molar-refractivity contribution in [3.63, 3.8) is 0 Å². The fraction of sp³-hybridized carbons (Fsp3) is 0.458. The standard InChI is InChI=1S/C35H40NSSi.C13H24O2.Ir/c1-33(2,3)29-22-26(21-24-15-13-14-18-28(24)29)31-32-25(19-20-36-31)23-30(37-32)38(34(4,5)6,35(7,8)9)27-16-11-10-12-17-27;1-5-10(6-2)12(14)9-13(15)11(7-3)8-4;/h10-20,22-23H,1-9H3;9-11,14H,5-8H2,1-4H3;/q-1;;/b;12-9-;. The number of fused-ring (bicyclic) bond motifs is 2. The summed E-state index contributed by atoms with van der Waals surface area (Å²) in [5, 5.41) is 15.2. The summed E-state index contributed by atoms with van der Waals surface area (Å²) in [4.78, 5) is 16.7. The molecule has 1 N–H and O–H groups in total. The third-order valence-corrected chi connectivity index (χ3v) is 20.0. The predicted molar refractivity (Wildman–Crippen MR) is 235 cm³/mol. The second-order valence-electron chi connectivity index (χ2n) is 17.7. The van der Waals surface area contributed by atoms with Crippen LogP contribution in [0, 0.1) is 17.9 Å². The smallest absolute Gasteiger partial charge is 0.162 e. The van der Waals surface area contributed by atoms with Gasteiger partial charge in [0.25, 0.3) is 0 Å². The minimum Gasteiger partial charge on any atom is -0.512 e. The van der Waals surface area contributed by atoms with Crippen LogP contribution in [-0.2, 0) is 30.3 Å². The molecule has 0 amide bonds. The molecule has 54 heavy (non-hydrogen) atoms. The first kappa shape index (κ1) is 45.5. The summed E-state index contributed by atoms with van der Waals surface area (Å²) in [5.41, 5.74) is 3.50. The largest absolute Gasteiger partial charge is 0.512 e. The number of hydrogen-bond acceptors (Lipinski definition) is 4. The van der Waals surface area contributed by atoms with Crippen molar-refractivity contribution in [1.82, 2.24) is 4.98 Å². The van der Waals surface area contributed by atoms with Crippen molar-refractivity contribution in [2.24, 2.45) is 11.8 Å². The zero-order chi connectivity index (χ0) is 39.4. The first-order valence-electron chi connectivity index (χ1n) is 19.7. The van der Waals surface area contributed by atoms with E-state index in [1.54, 1.807) is 0 Å². The Morgan fingerprint density at radius 3 is 1.89 bits per heavy atom. The number of nitrogens with zero attached hydrogens (tertiary/aromatic N) is 1. The van der Waals surface area contributed by atoms with Gasteiger partial charge in [0.15, 0.2) is 5.78 Å². The number of carbonyl (C=O) groups is 1. The number of aliphatic hydroxyl groups is 1. The minimum atomic E-state index is -2.26. The quantitative estimate of drug-likeness (QED) is 0.0657. The molecule has 5 rings (SSSR count). The van der Waals surface area contributed by atoms with Crippen LogP contribution < -0.4 is 9.69 Å². The molecule has 0 unspecified atom stereocenters. The van der Waals surface area contributed by atoms with Crippen LogP contribution in [0.4, 0.5) is 0 Å². The van der Waals surface area contributed by atoms with Crippen molar-refractivity contribution in [3.8, 4) is 11.3 Å². The second kappa shape index (κ2) is 18.4. The van der Waals surface area contributed by atoms with Crippen molar-refractivity contribution in [3.05, 3.63) is 102 Å². The SMILES string of the molecule is CC(C)(C)c1cc(-c2nccc3cc([Si](c4ccccc4)(C(C)(C)C)C(C)(C)C)sc23)[c-]c2ccccc12.CCC(CC)C(=O)/C=C(\O)C(CC)CC.[Ir]. The molecule has 2 heterocycles. The summed E-state index contributed by atoms with van der Waals surface area (Å²) in [7, 11) is -2.26. The maximum absolute atomic E-state index is 11.7. The summed E-state index contributed by atoms with van der Waals surface area (Å²) in [6, 6.07) is 30.7. The summed E-state index contributed by atoms with van der Waals surface area (Å²) >= 11 is 1.97. The predicted octanol–water partition coefficient (Wildman–Crippen LogP) is 13.2. The minimum absolute atomic E-state index is 0. The average molecular weight is 939 g/mol. The molecular weight excluding hydrogens is 875 g/mol. The summed E-state index contributed by atoms with van der Waals surface area (Å²) in [6.45, 7) is 29.7. The molecule has 3 aromatic carbocycles. The van der Waals surface area contributed by atoms with Gasteiger partial charge in [-0.15, -0.1) is 29.1 Å². The maximum atomic E-state index is 11.7. The topological polar surface area (TPSA) is 50.2 Å². The van der Waals surface area contributed by atoms with E-state index in [9.17, 15) is 9.90 Å². The summed E-state index contributed by atoms with van der Waals surface area (Å²) < 4.78 is 2.81. The molecule has 6 heteroatoms. The van der Waals surface area contributed by atoms with Crippen molar-refractivity contribution in [2.75, 3.05) is 0 Å². The van der Waals surface area contributed by atoms with Gasteiger partial charge in [0.2, 0.25) is 0 Å². The van der Waals surface area contributed by atoms with Crippen molar-refractivity contribution >= 4 is 55.7 Å². The zero-order valence-corrected chi connectivity index (χ0v) is 39.3. The third kappa shape index (κ3) is 9.37. The van der Waals surface area contributed by atoms with E-state index in [0.29, 0.717) is 0 Å². The van der Waals surface area contributed by atoms with Crippen LogP contribution in [0.3, 0.4) is 0 Å². The van der Waals surface area contributed by atoms with Crippen LogP contribution in [0.15, 0.2) is 90.8 Å². The maximum Gasteiger partial charge on any atom is 0.162 e. The van der Waals surface area contributed by atoms with E-state index in [4.69, 9.17) is 4.98 Å². The number of ketones is 1. The normalized spacial score (nSPS) is 12.9. The molecule has 5 aromatic rings. The molecule has 0 bridgehead atoms. The molecule has 2 aromatic heterocycles. The number of aliphatic hydroxyl groups excluding tert-OH is 1. The molecule has 0 fully saturated rings. The molecule has 1 radical (unpaired) electrons. The Balaban J connectivity index is 0.000000418. The van der Waals surface area contributed by atoms with Crippen LogP contribution in [-0.4, -0.2) is 23.9 Å². The van der Waals surface area contributed by atoms with Crippen LogP contribution >= 0.6 is 11.3 Å². The van der Waals surface area contributed by atoms with Crippen molar-refractivity contribution < 1.29 is 30.0 Å². The van der Waals surface area contributed by atoms with Gasteiger partial charge in [-0.25, -0.2) is 0 Å². The van der Waals surface area contributed by atoms with E-state index in [0.717, 1.165) is 42.3 Å². The van der Waals surface area contributed by atoms with Gasteiger partial charge in [0, 0.05) is 54.6 Å². The zero-order valence-electron chi connectivity index (χ0n) is 35.1. The van der Waals surface area contributed by atoms with Crippen molar-refractivity contribution in [2.45, 2.75) is 131 Å². The average Bonchev–Trinajstić information content (AvgIpc) is 3.52. The van der Waals surface area contributed by atoms with Gasteiger partial charge in [-0.2, -0.15) is 11.3 Å². The van der Waals surface area contributed by atoms with Gasteiger partial charge < -0.3 is 5.11 Å². The molecule has 0 aliphatic rings. The first-order chi connectivity index (χ1) is 24.8. The van der Waals surface area contributed by atoms with E-state index in [-0.39, 0.29) is 59.0 Å². The molecule has 0 atom stereocenters. The van der Waals surface area contributed by atoms with Crippen LogP contribution in [0.2, 0.25) is 10.1 Å². The molecule has 293 valence electrons. The molecule has 0 aliphatic heterocycles. The van der Waals surface area contributed by atoms with Crippen LogP contribution in [0.5, 0.6) is 0 Å². The van der Waals surface area contributed by atoms with Gasteiger partial charge in [0.1, 0.15) is 8.07 Å². The summed E-state index contributed by atoms with van der Waals surface area (Å²) in [5.74, 6) is 0.547. The van der Waals surface area contributed by atoms with E-state index in [1.165, 1.54) is 36.8 Å². The van der Waals surface area contributed by atoms with Gasteiger partial charge in [-0.1, -0.05) is 155 Å². The number of pyridine rings is 1. The number of carbonyl (C=O) groups excluding carboxylic acids is 1. The van der Waals surface area contributed by atoms with Gasteiger partial charge in [0.05, 0.1) is 5.76 Å². The number of allylic oxidation sites excluding steroid dienone is 2. The van der Waals surface area contributed by atoms with E-state index in [2.05, 4.69) is 141 Å². The Kier molecular flexibility index (Phi) is 15.5. The fourth-order valence-electron chi connectivity index (χ4n) is 8.66. The third-order valence-electron chi connectivity index (χ3n) is 11.2. The Hall–Kier alpha value is -2.89. The number of rotatable bonds is 10. The number of thiophene rings is 1. The van der Waals surface area contributed by atoms with Crippen molar-refractivity contribution in [1.29, 1.82) is 0 Å². The fourth-order valence-corrected chi connectivity index (χ4v) is 19.5. The Labute approximate surface area is 345 Å². The molecule has 0 saturated carbocycles. The Morgan fingerprint density at radius 1 is 0.796 bits per heavy atom. The van der Waals surface area contributed by atoms with E-state index >= 15 is 0 Å². The first-order valence-corrected chi connectivity index (χ1v) is 22.5. The molecule has 0 saturated heterocycles. The number of hydrogen-bond donors (Lipinski definition) is 1. The Morgan fingerprint density at radius 2 is 1.35 bits per heavy atom. The molecule has 0 spiro atoms. The van der Waals surface area contributed by atoms with Gasteiger partial charge in [-0.3, -0.25) is 9.78 Å².